The number of alkyl halides is 1. The fourth-order valence-electron chi connectivity index (χ4n) is 0.389. The van der Waals surface area contributed by atoms with Gasteiger partial charge < -0.3 is 5.11 Å². The van der Waals surface area contributed by atoms with Crippen LogP contribution in [0.3, 0.4) is 0 Å². The number of aliphatic hydroxyl groups excluding tert-OH is 1. The summed E-state index contributed by atoms with van der Waals surface area (Å²) in [5, 5.41) is 37.4. The van der Waals surface area contributed by atoms with Crippen LogP contribution in [0.5, 0.6) is 0 Å². The van der Waals surface area contributed by atoms with E-state index in [0.29, 0.717) is 0 Å². The molecule has 0 radical (unpaired) electrons. The van der Waals surface area contributed by atoms with Crippen LogP contribution in [-0.2, 0) is 0 Å². The first kappa shape index (κ1) is 11.1. The van der Waals surface area contributed by atoms with Crippen molar-refractivity contribution in [2.75, 3.05) is 0 Å². The number of aliphatic hydroxyl groups is 1. The molecule has 0 saturated heterocycles. The van der Waals surface area contributed by atoms with Crippen LogP contribution in [-0.4, -0.2) is 32.0 Å². The maximum absolute atomic E-state index is 12.6. The van der Waals surface area contributed by atoms with Crippen molar-refractivity contribution in [1.82, 2.24) is 0 Å². The molecule has 0 bridgehead atoms. The number of nitrogens with zero attached hydrogens (tertiary/aromatic N) is 3. The summed E-state index contributed by atoms with van der Waals surface area (Å²) in [7, 11) is 0. The molecule has 0 saturated carbocycles. The second-order valence-electron chi connectivity index (χ2n) is 1.81. The molecule has 0 aromatic heterocycles. The first-order valence-electron chi connectivity index (χ1n) is 2.54. The van der Waals surface area contributed by atoms with Gasteiger partial charge in [0.05, 0.1) is 4.92 Å². The zero-order valence-electron chi connectivity index (χ0n) is 5.69. The lowest BCUT2D eigenvalue weighted by Gasteiger charge is -2.06. The summed E-state index contributed by atoms with van der Waals surface area (Å²) < 4.78 is 12.6. The van der Waals surface area contributed by atoms with Crippen molar-refractivity contribution in [2.24, 2.45) is 0 Å². The Morgan fingerprint density at radius 3 is 1.54 bits per heavy atom. The minimum atomic E-state index is -4.72. The molecule has 0 aromatic rings. The Kier molecular flexibility index (Phi) is 2.75. The van der Waals surface area contributed by atoms with E-state index in [1.54, 1.807) is 0 Å². The lowest BCUT2D eigenvalue weighted by molar-refractivity contribution is -0.879. The number of rotatable bonds is 4. The normalized spacial score (nSPS) is 13.4. The highest BCUT2D eigenvalue weighted by molar-refractivity contribution is 4.54. The van der Waals surface area contributed by atoms with E-state index in [4.69, 9.17) is 5.11 Å². The van der Waals surface area contributed by atoms with E-state index in [-0.39, 0.29) is 0 Å². The van der Waals surface area contributed by atoms with Crippen LogP contribution in [0.2, 0.25) is 0 Å². The van der Waals surface area contributed by atoms with Crippen molar-refractivity contribution in [3.8, 4) is 0 Å². The Hall–Kier alpha value is -1.91. The van der Waals surface area contributed by atoms with E-state index in [1.807, 2.05) is 0 Å². The Morgan fingerprint density at radius 1 is 1.15 bits per heavy atom. The zero-order valence-corrected chi connectivity index (χ0v) is 5.69. The molecule has 13 heavy (non-hydrogen) atoms. The van der Waals surface area contributed by atoms with Crippen LogP contribution in [0.25, 0.3) is 0 Å². The summed E-state index contributed by atoms with van der Waals surface area (Å²) in [6.45, 7) is 0. The topological polar surface area (TPSA) is 150 Å². The third-order valence-corrected chi connectivity index (χ3v) is 1.04. The molecule has 0 amide bonds. The van der Waals surface area contributed by atoms with Crippen LogP contribution in [0.15, 0.2) is 0 Å². The highest BCUT2D eigenvalue weighted by atomic mass is 19.2. The van der Waals surface area contributed by atoms with Gasteiger partial charge in [-0.2, -0.15) is 0 Å². The molecular formula is C2H2FN3O7. The molecule has 0 aliphatic heterocycles. The maximum atomic E-state index is 12.6. The zero-order chi connectivity index (χ0) is 10.8. The fourth-order valence-corrected chi connectivity index (χ4v) is 0.389. The van der Waals surface area contributed by atoms with Gasteiger partial charge in [0.25, 0.3) is 0 Å². The molecule has 0 fully saturated rings. The van der Waals surface area contributed by atoms with Crippen molar-refractivity contribution in [3.63, 3.8) is 0 Å². The van der Waals surface area contributed by atoms with E-state index < -0.39 is 26.9 Å². The molecule has 74 valence electrons. The minimum Gasteiger partial charge on any atom is -0.318 e. The van der Waals surface area contributed by atoms with E-state index in [1.165, 1.54) is 0 Å². The summed E-state index contributed by atoms with van der Waals surface area (Å²) >= 11 is 0. The van der Waals surface area contributed by atoms with Crippen LogP contribution >= 0.6 is 0 Å². The van der Waals surface area contributed by atoms with Crippen molar-refractivity contribution in [1.29, 1.82) is 0 Å². The predicted octanol–water partition coefficient (Wildman–Crippen LogP) is -1.24. The third kappa shape index (κ3) is 1.64. The molecule has 0 rings (SSSR count). The minimum absolute atomic E-state index is 1.87. The smallest absolute Gasteiger partial charge is 0.318 e. The highest BCUT2D eigenvalue weighted by Gasteiger charge is 2.73. The van der Waals surface area contributed by atoms with Gasteiger partial charge in [-0.3, -0.25) is 30.3 Å². The van der Waals surface area contributed by atoms with Gasteiger partial charge >= 0.3 is 12.1 Å². The summed E-state index contributed by atoms with van der Waals surface area (Å²) in [4.78, 5) is 22.9. The molecule has 0 aromatic carbocycles. The second kappa shape index (κ2) is 3.22. The summed E-state index contributed by atoms with van der Waals surface area (Å²) in [5.41, 5.74) is 0. The Balaban J connectivity index is 5.13. The predicted molar refractivity (Wildman–Crippen MR) is 30.8 cm³/mol. The highest BCUT2D eigenvalue weighted by Crippen LogP contribution is 2.18. The van der Waals surface area contributed by atoms with E-state index in [0.717, 1.165) is 0 Å². The van der Waals surface area contributed by atoms with Gasteiger partial charge in [-0.25, -0.2) is 0 Å². The van der Waals surface area contributed by atoms with Crippen LogP contribution in [0.4, 0.5) is 4.39 Å². The second-order valence-corrected chi connectivity index (χ2v) is 1.81. The molecular weight excluding hydrogens is 197 g/mol. The molecule has 1 N–H and O–H groups in total. The monoisotopic (exact) mass is 199 g/mol. The Labute approximate surface area is 68.0 Å². The molecule has 1 atom stereocenters. The summed E-state index contributed by atoms with van der Waals surface area (Å²) in [6, 6.07) is 0. The van der Waals surface area contributed by atoms with Crippen molar-refractivity contribution >= 4 is 0 Å². The first-order valence-corrected chi connectivity index (χ1v) is 2.54. The Morgan fingerprint density at radius 2 is 1.46 bits per heavy atom. The summed E-state index contributed by atoms with van der Waals surface area (Å²) in [6.07, 6.45) is -3.54. The van der Waals surface area contributed by atoms with E-state index in [9.17, 15) is 34.7 Å². The van der Waals surface area contributed by atoms with Crippen LogP contribution in [0, 0.1) is 30.3 Å². The SMILES string of the molecule is O=[N+]([O-])C(O)C(F)([N+](=O)[O-])[N+](=O)[O-]. The van der Waals surface area contributed by atoms with Gasteiger partial charge in [0.15, 0.2) is 0 Å². The van der Waals surface area contributed by atoms with E-state index >= 15 is 0 Å². The average Bonchev–Trinajstić information content (AvgIpc) is 2.00. The molecule has 0 aliphatic carbocycles. The lowest BCUT2D eigenvalue weighted by Crippen LogP contribution is -2.55. The maximum Gasteiger partial charge on any atom is 0.710 e. The van der Waals surface area contributed by atoms with Crippen molar-refractivity contribution < 1.29 is 24.3 Å². The summed E-state index contributed by atoms with van der Waals surface area (Å²) in [5.74, 6) is -4.72. The molecule has 0 heterocycles. The Bertz CT molecular complexity index is 250. The average molecular weight is 199 g/mol. The molecule has 11 heteroatoms. The molecule has 0 spiro atoms. The quantitative estimate of drug-likeness (QED) is 0.257. The fraction of sp³-hybridized carbons (Fsp3) is 1.00. The first-order chi connectivity index (χ1) is 5.74. The molecule has 1 unspecified atom stereocenters. The lowest BCUT2D eigenvalue weighted by atomic mass is 10.4. The number of hydrogen-bond acceptors (Lipinski definition) is 7. The largest absolute Gasteiger partial charge is 0.710 e. The van der Waals surface area contributed by atoms with Gasteiger partial charge in [-0.15, -0.1) is 0 Å². The third-order valence-electron chi connectivity index (χ3n) is 1.04. The van der Waals surface area contributed by atoms with Gasteiger partial charge in [0, 0.05) is 0 Å². The van der Waals surface area contributed by atoms with Gasteiger partial charge in [-0.1, -0.05) is 4.39 Å². The molecule has 10 nitrogen and oxygen atoms in total. The number of nitro groups is 3. The van der Waals surface area contributed by atoms with Crippen LogP contribution in [0.1, 0.15) is 0 Å². The number of halogens is 1. The van der Waals surface area contributed by atoms with Gasteiger partial charge in [-0.05, 0) is 0 Å². The van der Waals surface area contributed by atoms with Crippen molar-refractivity contribution in [2.45, 2.75) is 12.1 Å². The van der Waals surface area contributed by atoms with Crippen LogP contribution < -0.4 is 0 Å². The standard InChI is InChI=1S/C2H2FN3O7/c3-2(5(10)11,6(12)13)1(7)4(8)9/h1,7H. The van der Waals surface area contributed by atoms with E-state index in [2.05, 4.69) is 0 Å². The number of hydrogen-bond donors (Lipinski definition) is 1. The van der Waals surface area contributed by atoms with Crippen molar-refractivity contribution in [3.05, 3.63) is 30.3 Å². The van der Waals surface area contributed by atoms with Gasteiger partial charge in [0.2, 0.25) is 0 Å². The molecule has 0 aliphatic rings. The van der Waals surface area contributed by atoms with Gasteiger partial charge in [0.1, 0.15) is 9.85 Å².